The van der Waals surface area contributed by atoms with Crippen molar-refractivity contribution in [3.8, 4) is 0 Å². The lowest BCUT2D eigenvalue weighted by atomic mass is 9.96. The van der Waals surface area contributed by atoms with E-state index in [1.165, 1.54) is 38.8 Å². The molecule has 2 atom stereocenters. The third kappa shape index (κ3) is 2.68. The zero-order valence-corrected chi connectivity index (χ0v) is 8.58. The second kappa shape index (κ2) is 3.97. The molecule has 1 aliphatic heterocycles. The van der Waals surface area contributed by atoms with Crippen LogP contribution in [0.5, 0.6) is 0 Å². The molecule has 1 N–H and O–H groups in total. The van der Waals surface area contributed by atoms with E-state index in [0.29, 0.717) is 5.92 Å². The normalized spacial score (nSPS) is 36.5. The molecule has 0 aromatic carbocycles. The summed E-state index contributed by atoms with van der Waals surface area (Å²) in [5.41, 5.74) is 0. The van der Waals surface area contributed by atoms with Crippen molar-refractivity contribution < 1.29 is 5.11 Å². The van der Waals surface area contributed by atoms with Gasteiger partial charge in [0.15, 0.2) is 0 Å². The quantitative estimate of drug-likeness (QED) is 0.716. The van der Waals surface area contributed by atoms with Crippen LogP contribution in [0.2, 0.25) is 0 Å². The van der Waals surface area contributed by atoms with Crippen molar-refractivity contribution in [1.29, 1.82) is 0 Å². The van der Waals surface area contributed by atoms with Crippen molar-refractivity contribution in [3.63, 3.8) is 0 Å². The third-order valence-corrected chi connectivity index (χ3v) is 3.55. The molecule has 1 saturated heterocycles. The average molecular weight is 183 g/mol. The van der Waals surface area contributed by atoms with Gasteiger partial charge in [-0.2, -0.15) is 0 Å². The lowest BCUT2D eigenvalue weighted by molar-refractivity contribution is 0.0283. The molecule has 2 unspecified atom stereocenters. The zero-order valence-electron chi connectivity index (χ0n) is 8.58. The molecule has 0 amide bonds. The van der Waals surface area contributed by atoms with Gasteiger partial charge >= 0.3 is 0 Å². The Labute approximate surface area is 80.9 Å². The van der Waals surface area contributed by atoms with Crippen LogP contribution in [0.1, 0.15) is 32.6 Å². The Hall–Kier alpha value is -0.0800. The summed E-state index contributed by atoms with van der Waals surface area (Å²) in [4.78, 5) is 2.43. The Morgan fingerprint density at radius 1 is 1.31 bits per heavy atom. The van der Waals surface area contributed by atoms with Crippen LogP contribution in [-0.2, 0) is 0 Å². The Kier molecular flexibility index (Phi) is 2.89. The molecule has 1 aliphatic carbocycles. The Balaban J connectivity index is 1.68. The fourth-order valence-corrected chi connectivity index (χ4v) is 2.09. The highest BCUT2D eigenvalue weighted by Crippen LogP contribution is 2.32. The van der Waals surface area contributed by atoms with Crippen LogP contribution in [0.4, 0.5) is 0 Å². The molecule has 1 saturated carbocycles. The van der Waals surface area contributed by atoms with Crippen LogP contribution < -0.4 is 0 Å². The Morgan fingerprint density at radius 3 is 2.69 bits per heavy atom. The second-order valence-electron chi connectivity index (χ2n) is 4.87. The van der Waals surface area contributed by atoms with Crippen LogP contribution in [-0.4, -0.2) is 35.7 Å². The molecule has 2 fully saturated rings. The zero-order chi connectivity index (χ0) is 9.26. The summed E-state index contributed by atoms with van der Waals surface area (Å²) in [6.07, 6.45) is 5.36. The first-order valence-corrected chi connectivity index (χ1v) is 5.66. The molecule has 0 radical (unpaired) electrons. The first kappa shape index (κ1) is 9.47. The minimum Gasteiger partial charge on any atom is -0.392 e. The Morgan fingerprint density at radius 2 is 2.08 bits per heavy atom. The molecule has 2 aliphatic rings. The van der Waals surface area contributed by atoms with Gasteiger partial charge in [-0.1, -0.05) is 19.8 Å². The van der Waals surface area contributed by atoms with Crippen molar-refractivity contribution in [2.75, 3.05) is 19.6 Å². The summed E-state index contributed by atoms with van der Waals surface area (Å²) in [5.74, 6) is 1.54. The predicted octanol–water partition coefficient (Wildman–Crippen LogP) is 1.49. The maximum Gasteiger partial charge on any atom is 0.0693 e. The van der Waals surface area contributed by atoms with Crippen LogP contribution >= 0.6 is 0 Å². The number of hydrogen-bond acceptors (Lipinski definition) is 2. The van der Waals surface area contributed by atoms with E-state index >= 15 is 0 Å². The molecule has 0 spiro atoms. The lowest BCUT2D eigenvalue weighted by Gasteiger charge is -2.34. The summed E-state index contributed by atoms with van der Waals surface area (Å²) in [6.45, 7) is 5.48. The van der Waals surface area contributed by atoms with E-state index < -0.39 is 0 Å². The number of nitrogens with zero attached hydrogens (tertiary/aromatic N) is 1. The monoisotopic (exact) mass is 183 g/mol. The van der Waals surface area contributed by atoms with Crippen LogP contribution in [0.3, 0.4) is 0 Å². The largest absolute Gasteiger partial charge is 0.392 e. The van der Waals surface area contributed by atoms with E-state index in [1.54, 1.807) is 0 Å². The van der Waals surface area contributed by atoms with Crippen molar-refractivity contribution >= 4 is 0 Å². The van der Waals surface area contributed by atoms with Gasteiger partial charge in [0.25, 0.3) is 0 Å². The summed E-state index contributed by atoms with van der Waals surface area (Å²) < 4.78 is 0. The topological polar surface area (TPSA) is 23.5 Å². The molecule has 0 aromatic heterocycles. The summed E-state index contributed by atoms with van der Waals surface area (Å²) >= 11 is 0. The van der Waals surface area contributed by atoms with Crippen LogP contribution in [0.25, 0.3) is 0 Å². The Bertz CT molecular complexity index is 167. The van der Waals surface area contributed by atoms with Gasteiger partial charge in [-0.05, 0) is 37.8 Å². The van der Waals surface area contributed by atoms with Crippen LogP contribution in [0, 0.1) is 11.8 Å². The highest BCUT2D eigenvalue weighted by Gasteiger charge is 2.26. The van der Waals surface area contributed by atoms with Gasteiger partial charge < -0.3 is 10.0 Å². The highest BCUT2D eigenvalue weighted by atomic mass is 16.3. The van der Waals surface area contributed by atoms with E-state index in [0.717, 1.165) is 12.5 Å². The standard InChI is InChI=1S/C11H21NO/c1-9-4-6-12(8-11(9)13)7-5-10-2-3-10/h9-11,13H,2-8H2,1H3. The molecule has 2 rings (SSSR count). The minimum absolute atomic E-state index is 0.0760. The maximum absolute atomic E-state index is 9.69. The fraction of sp³-hybridized carbons (Fsp3) is 1.00. The first-order chi connectivity index (χ1) is 6.25. The van der Waals surface area contributed by atoms with E-state index in [2.05, 4.69) is 11.8 Å². The van der Waals surface area contributed by atoms with Gasteiger partial charge in [0.05, 0.1) is 6.10 Å². The molecule has 0 bridgehead atoms. The van der Waals surface area contributed by atoms with Gasteiger partial charge in [-0.3, -0.25) is 0 Å². The van der Waals surface area contributed by atoms with Crippen molar-refractivity contribution in [1.82, 2.24) is 4.90 Å². The van der Waals surface area contributed by atoms with Gasteiger partial charge in [0.1, 0.15) is 0 Å². The molecular weight excluding hydrogens is 162 g/mol. The van der Waals surface area contributed by atoms with Gasteiger partial charge in [-0.25, -0.2) is 0 Å². The number of hydrogen-bond donors (Lipinski definition) is 1. The van der Waals surface area contributed by atoms with Gasteiger partial charge in [-0.15, -0.1) is 0 Å². The minimum atomic E-state index is -0.0760. The first-order valence-electron chi connectivity index (χ1n) is 5.66. The molecule has 2 heteroatoms. The highest BCUT2D eigenvalue weighted by molar-refractivity contribution is 4.80. The molecular formula is C11H21NO. The number of piperidine rings is 1. The number of rotatable bonds is 3. The molecule has 0 aromatic rings. The van der Waals surface area contributed by atoms with Crippen molar-refractivity contribution in [2.24, 2.45) is 11.8 Å². The van der Waals surface area contributed by atoms with E-state index in [-0.39, 0.29) is 6.10 Å². The second-order valence-corrected chi connectivity index (χ2v) is 4.87. The smallest absolute Gasteiger partial charge is 0.0693 e. The number of aliphatic hydroxyl groups is 1. The third-order valence-electron chi connectivity index (χ3n) is 3.55. The van der Waals surface area contributed by atoms with E-state index in [4.69, 9.17) is 0 Å². The summed E-state index contributed by atoms with van der Waals surface area (Å²) in [6, 6.07) is 0. The van der Waals surface area contributed by atoms with Gasteiger partial charge in [0.2, 0.25) is 0 Å². The number of β-amino-alcohol motifs (C(OH)–C–C–N with tert-alkyl or cyclic N) is 1. The van der Waals surface area contributed by atoms with E-state index in [9.17, 15) is 5.11 Å². The average Bonchev–Trinajstić information content (AvgIpc) is 2.91. The SMILES string of the molecule is CC1CCN(CCC2CC2)CC1O. The molecule has 1 heterocycles. The molecule has 76 valence electrons. The summed E-state index contributed by atoms with van der Waals surface area (Å²) in [7, 11) is 0. The van der Waals surface area contributed by atoms with Gasteiger partial charge in [0, 0.05) is 6.54 Å². The van der Waals surface area contributed by atoms with E-state index in [1.807, 2.05) is 0 Å². The maximum atomic E-state index is 9.69. The van der Waals surface area contributed by atoms with Crippen molar-refractivity contribution in [3.05, 3.63) is 0 Å². The van der Waals surface area contributed by atoms with Crippen molar-refractivity contribution in [2.45, 2.75) is 38.7 Å². The number of aliphatic hydroxyl groups excluding tert-OH is 1. The lowest BCUT2D eigenvalue weighted by Crippen LogP contribution is -2.43. The molecule has 2 nitrogen and oxygen atoms in total. The predicted molar refractivity (Wildman–Crippen MR) is 53.6 cm³/mol. The summed E-state index contributed by atoms with van der Waals surface area (Å²) in [5, 5.41) is 9.69. The fourth-order valence-electron chi connectivity index (χ4n) is 2.09. The molecule has 13 heavy (non-hydrogen) atoms. The van der Waals surface area contributed by atoms with Crippen LogP contribution in [0.15, 0.2) is 0 Å². The number of likely N-dealkylation sites (tertiary alicyclic amines) is 1.